The van der Waals surface area contributed by atoms with Gasteiger partial charge in [-0.2, -0.15) is 0 Å². The summed E-state index contributed by atoms with van der Waals surface area (Å²) in [4.78, 5) is 31.9. The Labute approximate surface area is 113 Å². The maximum absolute atomic E-state index is 12.2. The lowest BCUT2D eigenvalue weighted by Crippen LogP contribution is -2.62. The lowest BCUT2D eigenvalue weighted by atomic mass is 10.1. The molecule has 3 rings (SSSR count). The van der Waals surface area contributed by atoms with Crippen LogP contribution in [-0.4, -0.2) is 83.5 Å². The van der Waals surface area contributed by atoms with Crippen LogP contribution < -0.4 is 0 Å². The van der Waals surface area contributed by atoms with Crippen LogP contribution in [0.15, 0.2) is 0 Å². The van der Waals surface area contributed by atoms with Gasteiger partial charge in [-0.05, 0) is 19.8 Å². The van der Waals surface area contributed by atoms with Crippen LogP contribution in [0.4, 0.5) is 9.59 Å². The molecule has 0 bridgehead atoms. The standard InChI is InChI=1S/C13H22N4O2/c1-11-10-16(12(18)14-4-2-5-14)8-9-17(11)13(19)15-6-3-7-15/h11H,2-10H2,1H3. The van der Waals surface area contributed by atoms with E-state index < -0.39 is 0 Å². The van der Waals surface area contributed by atoms with Gasteiger partial charge >= 0.3 is 12.1 Å². The van der Waals surface area contributed by atoms with Gasteiger partial charge in [0.1, 0.15) is 0 Å². The third-order valence-electron chi connectivity index (χ3n) is 4.40. The van der Waals surface area contributed by atoms with Gasteiger partial charge in [-0.15, -0.1) is 0 Å². The summed E-state index contributed by atoms with van der Waals surface area (Å²) in [6.07, 6.45) is 2.24. The Morgan fingerprint density at radius 3 is 1.84 bits per heavy atom. The van der Waals surface area contributed by atoms with Crippen LogP contribution in [0.25, 0.3) is 0 Å². The van der Waals surface area contributed by atoms with Crippen molar-refractivity contribution < 1.29 is 9.59 Å². The summed E-state index contributed by atoms with van der Waals surface area (Å²) in [5.74, 6) is 0. The molecule has 106 valence electrons. The van der Waals surface area contributed by atoms with E-state index in [4.69, 9.17) is 0 Å². The number of piperazine rings is 1. The topological polar surface area (TPSA) is 47.1 Å². The molecule has 19 heavy (non-hydrogen) atoms. The molecule has 0 aromatic rings. The number of urea groups is 2. The smallest absolute Gasteiger partial charge is 0.320 e. The first-order valence-electron chi connectivity index (χ1n) is 7.26. The van der Waals surface area contributed by atoms with Gasteiger partial charge in [-0.25, -0.2) is 9.59 Å². The summed E-state index contributed by atoms with van der Waals surface area (Å²) < 4.78 is 0. The van der Waals surface area contributed by atoms with Gasteiger partial charge in [0.25, 0.3) is 0 Å². The van der Waals surface area contributed by atoms with E-state index in [0.29, 0.717) is 19.6 Å². The third-order valence-corrected chi connectivity index (χ3v) is 4.40. The van der Waals surface area contributed by atoms with Crippen LogP contribution in [0.2, 0.25) is 0 Å². The molecule has 3 saturated heterocycles. The number of amides is 4. The molecule has 1 unspecified atom stereocenters. The van der Waals surface area contributed by atoms with Gasteiger partial charge in [-0.3, -0.25) is 0 Å². The van der Waals surface area contributed by atoms with Gasteiger partial charge in [0, 0.05) is 51.9 Å². The molecule has 0 aromatic heterocycles. The van der Waals surface area contributed by atoms with E-state index in [2.05, 4.69) is 0 Å². The molecule has 3 aliphatic heterocycles. The Kier molecular flexibility index (Phi) is 3.24. The first-order chi connectivity index (χ1) is 9.16. The van der Waals surface area contributed by atoms with Crippen LogP contribution in [0.3, 0.4) is 0 Å². The first-order valence-corrected chi connectivity index (χ1v) is 7.26. The number of hydrogen-bond donors (Lipinski definition) is 0. The summed E-state index contributed by atoms with van der Waals surface area (Å²) >= 11 is 0. The van der Waals surface area contributed by atoms with E-state index in [1.807, 2.05) is 26.5 Å². The second-order valence-corrected chi connectivity index (χ2v) is 5.73. The molecule has 0 aromatic carbocycles. The summed E-state index contributed by atoms with van der Waals surface area (Å²) in [7, 11) is 0. The Bertz CT molecular complexity index is 379. The minimum Gasteiger partial charge on any atom is -0.325 e. The van der Waals surface area contributed by atoms with E-state index >= 15 is 0 Å². The molecule has 0 aliphatic carbocycles. The maximum Gasteiger partial charge on any atom is 0.320 e. The molecular weight excluding hydrogens is 244 g/mol. The van der Waals surface area contributed by atoms with Crippen molar-refractivity contribution in [3.8, 4) is 0 Å². The number of likely N-dealkylation sites (tertiary alicyclic amines) is 2. The lowest BCUT2D eigenvalue weighted by Gasteiger charge is -2.45. The zero-order chi connectivity index (χ0) is 13.4. The predicted octanol–water partition coefficient (Wildman–Crippen LogP) is 0.644. The number of carbonyl (C=O) groups is 2. The van der Waals surface area contributed by atoms with E-state index in [9.17, 15) is 9.59 Å². The second-order valence-electron chi connectivity index (χ2n) is 5.73. The molecule has 0 saturated carbocycles. The van der Waals surface area contributed by atoms with Crippen molar-refractivity contribution in [1.82, 2.24) is 19.6 Å². The fourth-order valence-electron chi connectivity index (χ4n) is 2.81. The van der Waals surface area contributed by atoms with Gasteiger partial charge in [-0.1, -0.05) is 0 Å². The van der Waals surface area contributed by atoms with Crippen LogP contribution in [0.5, 0.6) is 0 Å². The summed E-state index contributed by atoms with van der Waals surface area (Å²) in [6, 6.07) is 0.413. The van der Waals surface area contributed by atoms with Crippen LogP contribution in [-0.2, 0) is 0 Å². The highest BCUT2D eigenvalue weighted by Gasteiger charge is 2.35. The number of hydrogen-bond acceptors (Lipinski definition) is 2. The molecule has 4 amide bonds. The Morgan fingerprint density at radius 2 is 1.37 bits per heavy atom. The molecule has 0 spiro atoms. The van der Waals surface area contributed by atoms with Crippen molar-refractivity contribution >= 4 is 12.1 Å². The average Bonchev–Trinajstić information content (AvgIpc) is 2.23. The number of rotatable bonds is 0. The van der Waals surface area contributed by atoms with Crippen molar-refractivity contribution in [2.75, 3.05) is 45.8 Å². The molecule has 6 heteroatoms. The molecule has 1 atom stereocenters. The molecule has 6 nitrogen and oxygen atoms in total. The number of carbonyl (C=O) groups excluding carboxylic acids is 2. The minimum atomic E-state index is 0.118. The normalized spacial score (nSPS) is 26.9. The highest BCUT2D eigenvalue weighted by molar-refractivity contribution is 5.78. The van der Waals surface area contributed by atoms with E-state index in [1.165, 1.54) is 0 Å². The molecule has 0 radical (unpaired) electrons. The van der Waals surface area contributed by atoms with Crippen molar-refractivity contribution in [3.63, 3.8) is 0 Å². The molecule has 3 aliphatic rings. The Hall–Kier alpha value is -1.46. The zero-order valence-corrected chi connectivity index (χ0v) is 11.5. The van der Waals surface area contributed by atoms with E-state index in [1.54, 1.807) is 0 Å². The quantitative estimate of drug-likeness (QED) is 0.646. The maximum atomic E-state index is 12.2. The van der Waals surface area contributed by atoms with Crippen molar-refractivity contribution in [3.05, 3.63) is 0 Å². The van der Waals surface area contributed by atoms with Gasteiger partial charge in [0.05, 0.1) is 0 Å². The molecule has 3 fully saturated rings. The average molecular weight is 266 g/mol. The second kappa shape index (κ2) is 4.90. The number of nitrogens with zero attached hydrogens (tertiary/aromatic N) is 4. The Morgan fingerprint density at radius 1 is 0.789 bits per heavy atom. The third kappa shape index (κ3) is 2.24. The van der Waals surface area contributed by atoms with E-state index in [0.717, 1.165) is 39.0 Å². The monoisotopic (exact) mass is 266 g/mol. The molecule has 0 N–H and O–H groups in total. The van der Waals surface area contributed by atoms with Crippen molar-refractivity contribution in [2.24, 2.45) is 0 Å². The van der Waals surface area contributed by atoms with Gasteiger partial charge < -0.3 is 19.6 Å². The minimum absolute atomic E-state index is 0.118. The first kappa shape index (κ1) is 12.6. The molecule has 3 heterocycles. The molecular formula is C13H22N4O2. The Balaban J connectivity index is 1.55. The van der Waals surface area contributed by atoms with Crippen LogP contribution >= 0.6 is 0 Å². The highest BCUT2D eigenvalue weighted by Crippen LogP contribution is 2.18. The fraction of sp³-hybridized carbons (Fsp3) is 0.846. The summed E-state index contributed by atoms with van der Waals surface area (Å²) in [5.41, 5.74) is 0. The zero-order valence-electron chi connectivity index (χ0n) is 11.5. The lowest BCUT2D eigenvalue weighted by molar-refractivity contribution is 0.0629. The van der Waals surface area contributed by atoms with Crippen molar-refractivity contribution in [1.29, 1.82) is 0 Å². The SMILES string of the molecule is CC1CN(C(=O)N2CCC2)CCN1C(=O)N1CCC1. The van der Waals surface area contributed by atoms with Gasteiger partial charge in [0.2, 0.25) is 0 Å². The highest BCUT2D eigenvalue weighted by atomic mass is 16.2. The van der Waals surface area contributed by atoms with Gasteiger partial charge in [0.15, 0.2) is 0 Å². The fourth-order valence-corrected chi connectivity index (χ4v) is 2.81. The van der Waals surface area contributed by atoms with Crippen molar-refractivity contribution in [2.45, 2.75) is 25.8 Å². The van der Waals surface area contributed by atoms with Crippen LogP contribution in [0.1, 0.15) is 19.8 Å². The van der Waals surface area contributed by atoms with Crippen LogP contribution in [0, 0.1) is 0 Å². The predicted molar refractivity (Wildman–Crippen MR) is 70.9 cm³/mol. The summed E-state index contributed by atoms with van der Waals surface area (Å²) in [6.45, 7) is 7.58. The largest absolute Gasteiger partial charge is 0.325 e. The summed E-state index contributed by atoms with van der Waals surface area (Å²) in [5, 5.41) is 0. The van der Waals surface area contributed by atoms with E-state index in [-0.39, 0.29) is 18.1 Å².